The Hall–Kier alpha value is -1.52. The maximum Gasteiger partial charge on any atom is 0.161 e. The highest BCUT2D eigenvalue weighted by Gasteiger charge is 2.19. The summed E-state index contributed by atoms with van der Waals surface area (Å²) in [6, 6.07) is 14.9. The van der Waals surface area contributed by atoms with Gasteiger partial charge in [-0.15, -0.1) is 0 Å². The molecular weight excluding hydrogens is 307 g/mol. The van der Waals surface area contributed by atoms with Gasteiger partial charge in [0.2, 0.25) is 0 Å². The number of amidine groups is 1. The van der Waals surface area contributed by atoms with Gasteiger partial charge in [0.05, 0.1) is 16.8 Å². The molecular formula is C16H14ClFN2S. The van der Waals surface area contributed by atoms with Crippen LogP contribution >= 0.6 is 23.4 Å². The molecule has 0 bridgehead atoms. The summed E-state index contributed by atoms with van der Waals surface area (Å²) in [7, 11) is 0. The summed E-state index contributed by atoms with van der Waals surface area (Å²) in [5.74, 6) is 0.601. The van der Waals surface area contributed by atoms with Crippen LogP contribution in [-0.2, 0) is 6.42 Å². The lowest BCUT2D eigenvalue weighted by Crippen LogP contribution is -2.08. The van der Waals surface area contributed by atoms with Gasteiger partial charge < -0.3 is 5.32 Å². The molecule has 1 N–H and O–H groups in total. The minimum Gasteiger partial charge on any atom is -0.334 e. The van der Waals surface area contributed by atoms with Crippen LogP contribution in [0.25, 0.3) is 0 Å². The zero-order valence-corrected chi connectivity index (χ0v) is 12.8. The Bertz CT molecular complexity index is 661. The van der Waals surface area contributed by atoms with E-state index in [1.165, 1.54) is 17.7 Å². The van der Waals surface area contributed by atoms with Gasteiger partial charge in [0.25, 0.3) is 0 Å². The van der Waals surface area contributed by atoms with Gasteiger partial charge in [0.1, 0.15) is 5.82 Å². The highest BCUT2D eigenvalue weighted by atomic mass is 35.5. The molecule has 2 nitrogen and oxygen atoms in total. The lowest BCUT2D eigenvalue weighted by atomic mass is 10.1. The second-order valence-electron chi connectivity index (χ2n) is 4.84. The van der Waals surface area contributed by atoms with E-state index >= 15 is 0 Å². The van der Waals surface area contributed by atoms with Crippen molar-refractivity contribution in [1.29, 1.82) is 0 Å². The third-order valence-corrected chi connectivity index (χ3v) is 4.54. The Labute approximate surface area is 132 Å². The van der Waals surface area contributed by atoms with Crippen molar-refractivity contribution >= 4 is 34.2 Å². The van der Waals surface area contributed by atoms with Crippen molar-refractivity contribution in [3.05, 3.63) is 64.9 Å². The number of benzene rings is 2. The second kappa shape index (κ2) is 6.50. The van der Waals surface area contributed by atoms with Crippen LogP contribution in [0, 0.1) is 5.82 Å². The molecule has 3 rings (SSSR count). The van der Waals surface area contributed by atoms with Crippen LogP contribution in [0.1, 0.15) is 5.56 Å². The van der Waals surface area contributed by atoms with Crippen LogP contribution in [0.5, 0.6) is 0 Å². The average molecular weight is 321 g/mol. The van der Waals surface area contributed by atoms with Crippen molar-refractivity contribution in [2.75, 3.05) is 11.1 Å². The van der Waals surface area contributed by atoms with Crippen molar-refractivity contribution in [3.8, 4) is 0 Å². The summed E-state index contributed by atoms with van der Waals surface area (Å²) in [5.41, 5.74) is 1.97. The summed E-state index contributed by atoms with van der Waals surface area (Å²) in [6.45, 7) is 0. The molecule has 1 aliphatic heterocycles. The van der Waals surface area contributed by atoms with E-state index in [0.29, 0.717) is 10.7 Å². The normalized spacial score (nSPS) is 17.6. The molecule has 5 heteroatoms. The van der Waals surface area contributed by atoms with Gasteiger partial charge in [-0.3, -0.25) is 4.99 Å². The van der Waals surface area contributed by atoms with E-state index in [-0.39, 0.29) is 11.9 Å². The molecule has 1 atom stereocenters. The number of hydrogen-bond acceptors (Lipinski definition) is 3. The van der Waals surface area contributed by atoms with Crippen molar-refractivity contribution in [2.45, 2.75) is 12.5 Å². The van der Waals surface area contributed by atoms with Crippen LogP contribution in [-0.4, -0.2) is 17.0 Å². The predicted octanol–water partition coefficient (Wildman–Crippen LogP) is 4.61. The first-order valence-corrected chi connectivity index (χ1v) is 8.03. The molecule has 0 saturated heterocycles. The number of aliphatic imine (C=N–C) groups is 1. The molecule has 0 radical (unpaired) electrons. The average Bonchev–Trinajstić information content (AvgIpc) is 2.90. The summed E-state index contributed by atoms with van der Waals surface area (Å²) < 4.78 is 13.0. The fourth-order valence-electron chi connectivity index (χ4n) is 2.18. The molecule has 0 aromatic heterocycles. The Morgan fingerprint density at radius 2 is 2.05 bits per heavy atom. The van der Waals surface area contributed by atoms with Crippen molar-refractivity contribution in [2.24, 2.45) is 4.99 Å². The summed E-state index contributed by atoms with van der Waals surface area (Å²) in [5, 5.41) is 4.37. The van der Waals surface area contributed by atoms with Gasteiger partial charge in [-0.2, -0.15) is 0 Å². The molecule has 21 heavy (non-hydrogen) atoms. The molecule has 0 saturated carbocycles. The molecule has 2 aromatic rings. The minimum absolute atomic E-state index is 0.263. The number of anilines is 1. The largest absolute Gasteiger partial charge is 0.334 e. The van der Waals surface area contributed by atoms with Gasteiger partial charge in [-0.25, -0.2) is 4.39 Å². The van der Waals surface area contributed by atoms with Crippen molar-refractivity contribution in [1.82, 2.24) is 0 Å². The number of nitrogens with one attached hydrogen (secondary N) is 1. The van der Waals surface area contributed by atoms with Gasteiger partial charge in [-0.05, 0) is 30.2 Å². The van der Waals surface area contributed by atoms with Crippen molar-refractivity contribution < 1.29 is 4.39 Å². The van der Waals surface area contributed by atoms with Crippen LogP contribution in [0.4, 0.5) is 10.1 Å². The minimum atomic E-state index is -0.339. The van der Waals surface area contributed by atoms with Crippen LogP contribution in [0.2, 0.25) is 5.02 Å². The number of hydrogen-bond donors (Lipinski definition) is 1. The molecule has 2 aromatic carbocycles. The smallest absolute Gasteiger partial charge is 0.161 e. The fraction of sp³-hybridized carbons (Fsp3) is 0.188. The Morgan fingerprint density at radius 3 is 2.81 bits per heavy atom. The van der Waals surface area contributed by atoms with E-state index < -0.39 is 0 Å². The molecule has 0 fully saturated rings. The highest BCUT2D eigenvalue weighted by Crippen LogP contribution is 2.27. The van der Waals surface area contributed by atoms with E-state index in [9.17, 15) is 4.39 Å². The van der Waals surface area contributed by atoms with E-state index in [1.807, 2.05) is 18.2 Å². The summed E-state index contributed by atoms with van der Waals surface area (Å²) in [4.78, 5) is 4.66. The van der Waals surface area contributed by atoms with Crippen LogP contribution in [0.3, 0.4) is 0 Å². The standard InChI is InChI=1S/C16H14ClFN2S/c17-14-9-12(18)6-7-15(14)20-16-19-13(10-21-16)8-11-4-2-1-3-5-11/h1-7,9,13H,8,10H2,(H,19,20). The molecule has 0 aliphatic carbocycles. The zero-order valence-electron chi connectivity index (χ0n) is 11.2. The van der Waals surface area contributed by atoms with E-state index in [1.54, 1.807) is 17.8 Å². The van der Waals surface area contributed by atoms with E-state index in [2.05, 4.69) is 22.4 Å². The van der Waals surface area contributed by atoms with E-state index in [4.69, 9.17) is 11.6 Å². The summed E-state index contributed by atoms with van der Waals surface area (Å²) >= 11 is 7.67. The van der Waals surface area contributed by atoms with Gasteiger partial charge >= 0.3 is 0 Å². The lowest BCUT2D eigenvalue weighted by molar-refractivity contribution is 0.628. The number of halogens is 2. The Kier molecular flexibility index (Phi) is 4.46. The second-order valence-corrected chi connectivity index (χ2v) is 6.25. The SMILES string of the molecule is Fc1ccc(NC2=NC(Cc3ccccc3)CS2)c(Cl)c1. The number of thioether (sulfide) groups is 1. The molecule has 0 amide bonds. The molecule has 1 heterocycles. The molecule has 108 valence electrons. The third-order valence-electron chi connectivity index (χ3n) is 3.20. The van der Waals surface area contributed by atoms with Gasteiger partial charge in [0, 0.05) is 5.75 Å². The van der Waals surface area contributed by atoms with Crippen LogP contribution in [0.15, 0.2) is 53.5 Å². The zero-order chi connectivity index (χ0) is 14.7. The predicted molar refractivity (Wildman–Crippen MR) is 88.9 cm³/mol. The maximum atomic E-state index is 13.0. The maximum absolute atomic E-state index is 13.0. The quantitative estimate of drug-likeness (QED) is 0.893. The first-order chi connectivity index (χ1) is 10.2. The summed E-state index contributed by atoms with van der Waals surface area (Å²) in [6.07, 6.45) is 0.927. The fourth-order valence-corrected chi connectivity index (χ4v) is 3.34. The monoisotopic (exact) mass is 320 g/mol. The Balaban J connectivity index is 1.66. The van der Waals surface area contributed by atoms with E-state index in [0.717, 1.165) is 17.3 Å². The lowest BCUT2D eigenvalue weighted by Gasteiger charge is -2.07. The van der Waals surface area contributed by atoms with Gasteiger partial charge in [-0.1, -0.05) is 53.7 Å². The highest BCUT2D eigenvalue weighted by molar-refractivity contribution is 8.14. The third kappa shape index (κ3) is 3.77. The first kappa shape index (κ1) is 14.4. The first-order valence-electron chi connectivity index (χ1n) is 6.67. The molecule has 1 unspecified atom stereocenters. The number of nitrogens with zero attached hydrogens (tertiary/aromatic N) is 1. The topological polar surface area (TPSA) is 24.4 Å². The molecule has 1 aliphatic rings. The Morgan fingerprint density at radius 1 is 1.24 bits per heavy atom. The van der Waals surface area contributed by atoms with Gasteiger partial charge in [0.15, 0.2) is 5.17 Å². The van der Waals surface area contributed by atoms with Crippen molar-refractivity contribution in [3.63, 3.8) is 0 Å². The van der Waals surface area contributed by atoms with Crippen LogP contribution < -0.4 is 5.32 Å². The number of rotatable bonds is 3. The molecule has 0 spiro atoms.